The van der Waals surface area contributed by atoms with Gasteiger partial charge in [0.15, 0.2) is 12.6 Å². The Morgan fingerprint density at radius 2 is 0.914 bits per heavy atom. The maximum atomic E-state index is 13.6. The van der Waals surface area contributed by atoms with Crippen LogP contribution < -0.4 is 0 Å². The molecule has 0 aromatic heterocycles. The monoisotopic (exact) mass is 872 g/mol. The van der Waals surface area contributed by atoms with Gasteiger partial charge in [0.2, 0.25) is 0 Å². The van der Waals surface area contributed by atoms with Crippen LogP contribution in [0.25, 0.3) is 0 Å². The van der Waals surface area contributed by atoms with Gasteiger partial charge in [0.1, 0.15) is 12.4 Å². The fraction of sp³-hybridized carbons (Fsp3) is 0.882. The summed E-state index contributed by atoms with van der Waals surface area (Å²) >= 11 is 0. The maximum absolute atomic E-state index is 13.6. The molecule has 2 saturated heterocycles. The van der Waals surface area contributed by atoms with Crippen molar-refractivity contribution in [2.75, 3.05) is 39.6 Å². The van der Waals surface area contributed by atoms with Crippen molar-refractivity contribution in [2.24, 2.45) is 45.8 Å². The summed E-state index contributed by atoms with van der Waals surface area (Å²) in [6.45, 7) is 7.80. The van der Waals surface area contributed by atoms with Gasteiger partial charge in [-0.1, -0.05) is 41.5 Å². The Morgan fingerprint density at radius 3 is 1.26 bits per heavy atom. The second-order valence-electron chi connectivity index (χ2n) is 16.4. The number of ether oxygens (including phenoxy) is 7. The van der Waals surface area contributed by atoms with E-state index in [-0.39, 0.29) is 33.0 Å². The fourth-order valence-corrected chi connectivity index (χ4v) is 6.54. The predicted octanol–water partition coefficient (Wildman–Crippen LogP) is 5.86. The molecule has 336 valence electrons. The second kappa shape index (κ2) is 17.6. The van der Waals surface area contributed by atoms with Crippen LogP contribution in [0.1, 0.15) is 54.4 Å². The molecule has 4 atom stereocenters. The first-order valence-electron chi connectivity index (χ1n) is 17.6. The van der Waals surface area contributed by atoms with Crippen LogP contribution >= 0.6 is 0 Å². The van der Waals surface area contributed by atoms with E-state index in [1.165, 1.54) is 27.7 Å². The van der Waals surface area contributed by atoms with E-state index < -0.39 is 138 Å². The van der Waals surface area contributed by atoms with Gasteiger partial charge in [0, 0.05) is 22.7 Å². The quantitative estimate of drug-likeness (QED) is 0.142. The summed E-state index contributed by atoms with van der Waals surface area (Å²) in [5.41, 5.74) is -2.86. The van der Waals surface area contributed by atoms with Gasteiger partial charge < -0.3 is 38.3 Å². The Kier molecular flexibility index (Phi) is 15.0. The number of aliphatic hydroxyl groups is 1. The summed E-state index contributed by atoms with van der Waals surface area (Å²) < 4.78 is 196. The molecule has 1 saturated carbocycles. The van der Waals surface area contributed by atoms with Gasteiger partial charge in [-0.3, -0.25) is 19.2 Å². The summed E-state index contributed by atoms with van der Waals surface area (Å²) in [6.07, 6.45) is -39.5. The zero-order chi connectivity index (χ0) is 44.6. The number of esters is 3. The van der Waals surface area contributed by atoms with E-state index in [0.717, 1.165) is 0 Å². The van der Waals surface area contributed by atoms with Crippen molar-refractivity contribution < 1.29 is 110 Å². The molecular formula is C34H44F12O12. The fourth-order valence-electron chi connectivity index (χ4n) is 6.54. The lowest BCUT2D eigenvalue weighted by molar-refractivity contribution is -0.337. The summed E-state index contributed by atoms with van der Waals surface area (Å²) in [5.74, 6) is -18.2. The standard InChI is InChI=1S/C34H44F12O12/c1-15(2)20(48)16-7-18(21(49)52-10-29(5,6)27-55-13-30(14-56-27)11-53-26(54-12-30)28(3,4)9-47)19(23(51)58-25(33(41,42)43)34(44,45)46)8-17(16)22(50)57-24(31(35,36)37)32(38,39)40/h15-19,24-27,47H,7-14H2,1-6H3. The molecule has 0 amide bonds. The van der Waals surface area contributed by atoms with Crippen LogP contribution in [-0.4, -0.2) is 118 Å². The normalized spacial score (nSPS) is 28.2. The number of hydrogen-bond donors (Lipinski definition) is 1. The van der Waals surface area contributed by atoms with Gasteiger partial charge in [-0.25, -0.2) is 0 Å². The average Bonchev–Trinajstić information content (AvgIpc) is 3.09. The smallest absolute Gasteiger partial charge is 0.434 e. The van der Waals surface area contributed by atoms with Crippen LogP contribution in [0, 0.1) is 45.8 Å². The first kappa shape index (κ1) is 49.4. The van der Waals surface area contributed by atoms with Crippen molar-refractivity contribution in [3.63, 3.8) is 0 Å². The highest BCUT2D eigenvalue weighted by Gasteiger charge is 2.63. The minimum absolute atomic E-state index is 0.0303. The number of rotatable bonds is 12. The largest absolute Gasteiger partial charge is 0.465 e. The summed E-state index contributed by atoms with van der Waals surface area (Å²) in [5, 5.41) is 9.60. The van der Waals surface area contributed by atoms with Crippen LogP contribution in [0.4, 0.5) is 52.7 Å². The molecule has 0 aromatic carbocycles. The summed E-state index contributed by atoms with van der Waals surface area (Å²) in [7, 11) is 0. The molecule has 12 nitrogen and oxygen atoms in total. The van der Waals surface area contributed by atoms with Crippen LogP contribution in [0.3, 0.4) is 0 Å². The lowest BCUT2D eigenvalue weighted by atomic mass is 9.65. The second-order valence-corrected chi connectivity index (χ2v) is 16.4. The van der Waals surface area contributed by atoms with Gasteiger partial charge in [0.25, 0.3) is 12.2 Å². The SMILES string of the molecule is CC(C)C(=O)C1CC(C(=O)OCC(C)(C)C2OCC3(COC(C(C)(C)CO)OC3)CO2)C(C(=O)OC(C(F)(F)F)C(F)(F)F)CC1C(=O)OC(C(F)(F)F)C(F)(F)F. The molecule has 58 heavy (non-hydrogen) atoms. The van der Waals surface area contributed by atoms with Crippen molar-refractivity contribution in [1.29, 1.82) is 0 Å². The third-order valence-electron chi connectivity index (χ3n) is 9.92. The molecule has 24 heteroatoms. The van der Waals surface area contributed by atoms with Gasteiger partial charge in [-0.2, -0.15) is 52.7 Å². The Bertz CT molecular complexity index is 1430. The highest BCUT2D eigenvalue weighted by Crippen LogP contribution is 2.46. The number of Topliss-reactive ketones (excluding diaryl/α,β-unsaturated/α-hetero) is 1. The third kappa shape index (κ3) is 11.9. The van der Waals surface area contributed by atoms with E-state index in [2.05, 4.69) is 9.47 Å². The molecule has 2 aliphatic heterocycles. The highest BCUT2D eigenvalue weighted by atomic mass is 19.4. The lowest BCUT2D eigenvalue weighted by Gasteiger charge is -2.48. The van der Waals surface area contributed by atoms with E-state index >= 15 is 0 Å². The van der Waals surface area contributed by atoms with Crippen molar-refractivity contribution in [2.45, 2.75) is 104 Å². The minimum atomic E-state index is -6.31. The van der Waals surface area contributed by atoms with Crippen LogP contribution in [-0.2, 0) is 52.3 Å². The number of aliphatic hydroxyl groups excluding tert-OH is 1. The lowest BCUT2D eigenvalue weighted by Crippen LogP contribution is -2.57. The number of carbonyl (C=O) groups excluding carboxylic acids is 4. The molecular weight excluding hydrogens is 828 g/mol. The molecule has 0 bridgehead atoms. The number of ketones is 1. The third-order valence-corrected chi connectivity index (χ3v) is 9.92. The van der Waals surface area contributed by atoms with Crippen LogP contribution in [0.5, 0.6) is 0 Å². The van der Waals surface area contributed by atoms with Crippen molar-refractivity contribution in [1.82, 2.24) is 0 Å². The van der Waals surface area contributed by atoms with Crippen LogP contribution in [0.2, 0.25) is 0 Å². The summed E-state index contributed by atoms with van der Waals surface area (Å²) in [6, 6.07) is 0. The number of carbonyl (C=O) groups is 4. The van der Waals surface area contributed by atoms with E-state index in [0.29, 0.717) is 0 Å². The molecule has 1 spiro atoms. The molecule has 3 rings (SSSR count). The van der Waals surface area contributed by atoms with Gasteiger partial charge in [-0.05, 0) is 12.8 Å². The van der Waals surface area contributed by atoms with Gasteiger partial charge in [0.05, 0.1) is 56.2 Å². The van der Waals surface area contributed by atoms with Crippen molar-refractivity contribution >= 4 is 23.7 Å². The molecule has 0 aromatic rings. The Balaban J connectivity index is 1.89. The van der Waals surface area contributed by atoms with Gasteiger partial charge in [-0.15, -0.1) is 0 Å². The maximum Gasteiger partial charge on any atom is 0.434 e. The highest BCUT2D eigenvalue weighted by molar-refractivity contribution is 5.91. The first-order chi connectivity index (χ1) is 26.2. The van der Waals surface area contributed by atoms with Gasteiger partial charge >= 0.3 is 42.6 Å². The molecule has 4 unspecified atom stereocenters. The number of halogens is 12. The molecule has 3 fully saturated rings. The minimum Gasteiger partial charge on any atom is -0.465 e. The molecule has 0 radical (unpaired) electrons. The van der Waals surface area contributed by atoms with Crippen molar-refractivity contribution in [3.05, 3.63) is 0 Å². The van der Waals surface area contributed by atoms with Crippen molar-refractivity contribution in [3.8, 4) is 0 Å². The number of hydrogen-bond acceptors (Lipinski definition) is 12. The zero-order valence-corrected chi connectivity index (χ0v) is 31.8. The molecule has 3 aliphatic rings. The molecule has 2 heterocycles. The van der Waals surface area contributed by atoms with Crippen LogP contribution in [0.15, 0.2) is 0 Å². The topological polar surface area (TPSA) is 153 Å². The van der Waals surface area contributed by atoms with E-state index in [9.17, 15) is 77.0 Å². The van der Waals surface area contributed by atoms with E-state index in [4.69, 9.17) is 23.7 Å². The first-order valence-corrected chi connectivity index (χ1v) is 17.6. The summed E-state index contributed by atoms with van der Waals surface area (Å²) in [4.78, 5) is 53.0. The molecule has 1 N–H and O–H groups in total. The van der Waals surface area contributed by atoms with E-state index in [1.807, 2.05) is 0 Å². The number of alkyl halides is 12. The Morgan fingerprint density at radius 1 is 0.586 bits per heavy atom. The predicted molar refractivity (Wildman–Crippen MR) is 166 cm³/mol. The zero-order valence-electron chi connectivity index (χ0n) is 31.8. The van der Waals surface area contributed by atoms with E-state index in [1.54, 1.807) is 13.8 Å². The molecule has 1 aliphatic carbocycles. The average molecular weight is 873 g/mol. The Labute approximate surface area is 323 Å². The Hall–Kier alpha value is -2.96.